The first-order valence-corrected chi connectivity index (χ1v) is 8.52. The summed E-state index contributed by atoms with van der Waals surface area (Å²) < 4.78 is 5.60. The highest BCUT2D eigenvalue weighted by Gasteiger charge is 2.15. The SMILES string of the molecule is N#C/C(=C/c1ccc(-c2ccc([N+](=O)[O-])cc2Cl)o1)C(=O)Nc1ccccc1O. The van der Waals surface area contributed by atoms with Gasteiger partial charge in [-0.1, -0.05) is 23.7 Å². The van der Waals surface area contributed by atoms with Crippen LogP contribution in [0, 0.1) is 21.4 Å². The van der Waals surface area contributed by atoms with Gasteiger partial charge in [-0.05, 0) is 30.3 Å². The minimum absolute atomic E-state index is 0.127. The fourth-order valence-electron chi connectivity index (χ4n) is 2.45. The fourth-order valence-corrected chi connectivity index (χ4v) is 2.72. The number of anilines is 1. The number of hydrogen-bond donors (Lipinski definition) is 2. The number of nitriles is 1. The zero-order valence-corrected chi connectivity index (χ0v) is 15.4. The van der Waals surface area contributed by atoms with Crippen LogP contribution in [0.2, 0.25) is 5.02 Å². The summed E-state index contributed by atoms with van der Waals surface area (Å²) >= 11 is 6.09. The molecule has 0 saturated heterocycles. The lowest BCUT2D eigenvalue weighted by atomic mass is 10.1. The Morgan fingerprint density at radius 1 is 1.24 bits per heavy atom. The summed E-state index contributed by atoms with van der Waals surface area (Å²) in [5, 5.41) is 32.4. The topological polar surface area (TPSA) is 129 Å². The average molecular weight is 410 g/mol. The van der Waals surface area contributed by atoms with Crippen LogP contribution in [0.4, 0.5) is 11.4 Å². The molecule has 0 atom stereocenters. The van der Waals surface area contributed by atoms with Crippen molar-refractivity contribution in [1.29, 1.82) is 5.26 Å². The molecule has 0 aliphatic rings. The van der Waals surface area contributed by atoms with Gasteiger partial charge in [-0.15, -0.1) is 0 Å². The molecule has 0 fully saturated rings. The van der Waals surface area contributed by atoms with E-state index in [0.717, 1.165) is 0 Å². The molecule has 3 aromatic rings. The number of carbonyl (C=O) groups excluding carboxylic acids is 1. The number of carbonyl (C=O) groups is 1. The smallest absolute Gasteiger partial charge is 0.270 e. The van der Waals surface area contributed by atoms with E-state index in [2.05, 4.69) is 5.32 Å². The minimum atomic E-state index is -0.722. The van der Waals surface area contributed by atoms with Gasteiger partial charge in [-0.3, -0.25) is 14.9 Å². The predicted octanol–water partition coefficient (Wildman–Crippen LogP) is 4.76. The molecule has 1 amide bonds. The van der Waals surface area contributed by atoms with Crippen molar-refractivity contribution in [1.82, 2.24) is 0 Å². The van der Waals surface area contributed by atoms with E-state index >= 15 is 0 Å². The summed E-state index contributed by atoms with van der Waals surface area (Å²) in [5.41, 5.74) is 0.188. The van der Waals surface area contributed by atoms with Crippen LogP contribution in [0.3, 0.4) is 0 Å². The van der Waals surface area contributed by atoms with E-state index in [1.165, 1.54) is 42.5 Å². The number of non-ortho nitro benzene ring substituents is 1. The number of nitro benzene ring substituents is 1. The molecule has 29 heavy (non-hydrogen) atoms. The van der Waals surface area contributed by atoms with Crippen molar-refractivity contribution < 1.29 is 19.2 Å². The third kappa shape index (κ3) is 4.43. The second kappa shape index (κ2) is 8.29. The number of phenols is 1. The summed E-state index contributed by atoms with van der Waals surface area (Å²) in [7, 11) is 0. The number of amides is 1. The Labute approximate surface area is 169 Å². The van der Waals surface area contributed by atoms with Gasteiger partial charge in [0.05, 0.1) is 15.6 Å². The third-order valence-electron chi connectivity index (χ3n) is 3.86. The molecule has 0 unspecified atom stereocenters. The van der Waals surface area contributed by atoms with E-state index in [9.17, 15) is 25.3 Å². The number of rotatable bonds is 5. The maximum Gasteiger partial charge on any atom is 0.270 e. The number of phenolic OH excluding ortho intramolecular Hbond substituents is 1. The van der Waals surface area contributed by atoms with Crippen LogP contribution in [0.25, 0.3) is 17.4 Å². The first-order valence-electron chi connectivity index (χ1n) is 8.14. The van der Waals surface area contributed by atoms with Crippen molar-refractivity contribution in [2.45, 2.75) is 0 Å². The monoisotopic (exact) mass is 409 g/mol. The average Bonchev–Trinajstić information content (AvgIpc) is 3.16. The van der Waals surface area contributed by atoms with Crippen molar-refractivity contribution >= 4 is 35.0 Å². The van der Waals surface area contributed by atoms with E-state index in [1.807, 2.05) is 0 Å². The number of nitrogens with one attached hydrogen (secondary N) is 1. The zero-order valence-electron chi connectivity index (χ0n) is 14.6. The number of halogens is 1. The summed E-state index contributed by atoms with van der Waals surface area (Å²) in [4.78, 5) is 22.5. The van der Waals surface area contributed by atoms with Crippen LogP contribution in [0.1, 0.15) is 5.76 Å². The molecular weight excluding hydrogens is 398 g/mol. The summed E-state index contributed by atoms with van der Waals surface area (Å²) in [6, 6.07) is 14.9. The molecule has 0 saturated carbocycles. The van der Waals surface area contributed by atoms with Gasteiger partial charge in [0.25, 0.3) is 11.6 Å². The van der Waals surface area contributed by atoms with Crippen LogP contribution < -0.4 is 5.32 Å². The molecule has 9 heteroatoms. The van der Waals surface area contributed by atoms with Gasteiger partial charge in [-0.2, -0.15) is 5.26 Å². The number of aromatic hydroxyl groups is 1. The zero-order chi connectivity index (χ0) is 21.0. The van der Waals surface area contributed by atoms with Crippen molar-refractivity contribution in [3.05, 3.63) is 81.1 Å². The largest absolute Gasteiger partial charge is 0.506 e. The molecule has 1 heterocycles. The molecule has 8 nitrogen and oxygen atoms in total. The van der Waals surface area contributed by atoms with Gasteiger partial charge in [0.2, 0.25) is 0 Å². The van der Waals surface area contributed by atoms with Crippen molar-refractivity contribution in [3.63, 3.8) is 0 Å². The van der Waals surface area contributed by atoms with Gasteiger partial charge in [0, 0.05) is 23.8 Å². The van der Waals surface area contributed by atoms with Crippen LogP contribution in [0.5, 0.6) is 5.75 Å². The van der Waals surface area contributed by atoms with E-state index in [4.69, 9.17) is 16.0 Å². The van der Waals surface area contributed by atoms with Gasteiger partial charge < -0.3 is 14.8 Å². The van der Waals surface area contributed by atoms with E-state index in [1.54, 1.807) is 24.3 Å². The normalized spacial score (nSPS) is 11.0. The Bertz CT molecular complexity index is 1180. The lowest BCUT2D eigenvalue weighted by Crippen LogP contribution is -2.13. The van der Waals surface area contributed by atoms with Gasteiger partial charge in [0.1, 0.15) is 28.9 Å². The maximum atomic E-state index is 12.3. The quantitative estimate of drug-likeness (QED) is 0.205. The highest BCUT2D eigenvalue weighted by atomic mass is 35.5. The maximum absolute atomic E-state index is 12.3. The summed E-state index contributed by atoms with van der Waals surface area (Å²) in [6.45, 7) is 0. The van der Waals surface area contributed by atoms with Crippen LogP contribution >= 0.6 is 11.6 Å². The Balaban J connectivity index is 1.84. The lowest BCUT2D eigenvalue weighted by molar-refractivity contribution is -0.384. The van der Waals surface area contributed by atoms with Crippen molar-refractivity contribution in [2.24, 2.45) is 0 Å². The summed E-state index contributed by atoms with van der Waals surface area (Å²) in [5.74, 6) is -0.334. The Hall–Kier alpha value is -4.09. The third-order valence-corrected chi connectivity index (χ3v) is 4.17. The molecule has 1 aromatic heterocycles. The van der Waals surface area contributed by atoms with Crippen LogP contribution in [0.15, 0.2) is 64.6 Å². The van der Waals surface area contributed by atoms with Gasteiger partial charge in [0.15, 0.2) is 0 Å². The number of para-hydroxylation sites is 2. The van der Waals surface area contributed by atoms with Crippen LogP contribution in [-0.2, 0) is 4.79 Å². The number of hydrogen-bond acceptors (Lipinski definition) is 6. The van der Waals surface area contributed by atoms with E-state index in [-0.39, 0.29) is 33.5 Å². The second-order valence-corrected chi connectivity index (χ2v) is 6.17. The van der Waals surface area contributed by atoms with Crippen LogP contribution in [-0.4, -0.2) is 15.9 Å². The molecule has 0 radical (unpaired) electrons. The molecule has 0 aliphatic heterocycles. The first-order chi connectivity index (χ1) is 13.9. The van der Waals surface area contributed by atoms with E-state index in [0.29, 0.717) is 11.3 Å². The van der Waals surface area contributed by atoms with Gasteiger partial charge in [-0.25, -0.2) is 0 Å². The first kappa shape index (κ1) is 19.7. The highest BCUT2D eigenvalue weighted by molar-refractivity contribution is 6.33. The molecule has 3 rings (SSSR count). The standard InChI is InChI=1S/C20H12ClN3O5/c21-16-10-13(24(27)28)5-7-15(16)19-8-6-14(29-19)9-12(11-22)20(26)23-17-3-1-2-4-18(17)25/h1-10,25H,(H,23,26)/b12-9-. The molecule has 0 aliphatic carbocycles. The molecule has 0 bridgehead atoms. The minimum Gasteiger partial charge on any atom is -0.506 e. The highest BCUT2D eigenvalue weighted by Crippen LogP contribution is 2.32. The number of furan rings is 1. The van der Waals surface area contributed by atoms with Crippen molar-refractivity contribution in [2.75, 3.05) is 5.32 Å². The van der Waals surface area contributed by atoms with E-state index < -0.39 is 10.8 Å². The Kier molecular flexibility index (Phi) is 5.62. The lowest BCUT2D eigenvalue weighted by Gasteiger charge is -2.05. The fraction of sp³-hybridized carbons (Fsp3) is 0. The Morgan fingerprint density at radius 3 is 2.66 bits per heavy atom. The van der Waals surface area contributed by atoms with Crippen molar-refractivity contribution in [3.8, 4) is 23.1 Å². The predicted molar refractivity (Wildman–Crippen MR) is 106 cm³/mol. The number of benzene rings is 2. The molecule has 2 N–H and O–H groups in total. The second-order valence-electron chi connectivity index (χ2n) is 5.76. The molecule has 144 valence electrons. The number of nitrogens with zero attached hydrogens (tertiary/aromatic N) is 2. The Morgan fingerprint density at radius 2 is 2.00 bits per heavy atom. The number of nitro groups is 1. The molecule has 2 aromatic carbocycles. The van der Waals surface area contributed by atoms with Gasteiger partial charge >= 0.3 is 0 Å². The summed E-state index contributed by atoms with van der Waals surface area (Å²) in [6.07, 6.45) is 1.23. The molecule has 0 spiro atoms. The molecular formula is C20H12ClN3O5.